The number of amides is 1. The van der Waals surface area contributed by atoms with E-state index in [1.165, 1.54) is 16.9 Å². The molecule has 0 aliphatic heterocycles. The molecule has 1 aromatic heterocycles. The second-order valence-corrected chi connectivity index (χ2v) is 7.47. The first kappa shape index (κ1) is 17.4. The molecule has 2 aromatic carbocycles. The van der Waals surface area contributed by atoms with Gasteiger partial charge in [0.15, 0.2) is 11.7 Å². The maximum absolute atomic E-state index is 12.3. The molecule has 0 atom stereocenters. The van der Waals surface area contributed by atoms with E-state index in [4.69, 9.17) is 4.74 Å². The Morgan fingerprint density at radius 1 is 1.08 bits per heavy atom. The Morgan fingerprint density at radius 2 is 1.80 bits per heavy atom. The number of aromatic nitrogens is 1. The number of fused-ring (bicyclic) bond motifs is 1. The fraction of sp³-hybridized carbons (Fsp3) is 0.300. The van der Waals surface area contributed by atoms with Gasteiger partial charge in [-0.3, -0.25) is 10.1 Å². The van der Waals surface area contributed by atoms with Crippen LogP contribution in [0.15, 0.2) is 24.3 Å². The summed E-state index contributed by atoms with van der Waals surface area (Å²) in [6.07, 6.45) is 0. The highest BCUT2D eigenvalue weighted by molar-refractivity contribution is 7.22. The van der Waals surface area contributed by atoms with E-state index in [2.05, 4.69) is 35.4 Å². The first-order valence-electron chi connectivity index (χ1n) is 8.22. The van der Waals surface area contributed by atoms with Crippen LogP contribution in [0.5, 0.6) is 5.75 Å². The zero-order valence-corrected chi connectivity index (χ0v) is 16.0. The first-order valence-corrected chi connectivity index (χ1v) is 9.04. The number of nitrogens with zero attached hydrogens (tertiary/aromatic N) is 1. The molecule has 1 amide bonds. The summed E-state index contributed by atoms with van der Waals surface area (Å²) < 4.78 is 6.85. The smallest absolute Gasteiger partial charge is 0.264 e. The summed E-state index contributed by atoms with van der Waals surface area (Å²) in [7, 11) is 0. The van der Waals surface area contributed by atoms with Gasteiger partial charge in [-0.1, -0.05) is 29.5 Å². The van der Waals surface area contributed by atoms with E-state index >= 15 is 0 Å². The summed E-state index contributed by atoms with van der Waals surface area (Å²) in [5.74, 6) is 0.583. The van der Waals surface area contributed by atoms with Gasteiger partial charge in [0.25, 0.3) is 5.91 Å². The van der Waals surface area contributed by atoms with E-state index < -0.39 is 0 Å². The summed E-state index contributed by atoms with van der Waals surface area (Å²) in [4.78, 5) is 16.8. The third-order valence-corrected chi connectivity index (χ3v) is 5.22. The summed E-state index contributed by atoms with van der Waals surface area (Å²) in [5.41, 5.74) is 6.50. The molecule has 3 rings (SSSR count). The maximum Gasteiger partial charge on any atom is 0.264 e. The Bertz CT molecular complexity index is 960. The number of carbonyl (C=O) groups is 1. The number of aryl methyl sites for hydroxylation is 4. The van der Waals surface area contributed by atoms with Gasteiger partial charge >= 0.3 is 0 Å². The zero-order chi connectivity index (χ0) is 18.1. The molecule has 0 radical (unpaired) electrons. The van der Waals surface area contributed by atoms with Crippen LogP contribution in [0.1, 0.15) is 27.8 Å². The fourth-order valence-electron chi connectivity index (χ4n) is 2.86. The molecular formula is C20H22N2O2S. The molecule has 5 heteroatoms. The van der Waals surface area contributed by atoms with Crippen LogP contribution < -0.4 is 10.1 Å². The van der Waals surface area contributed by atoms with E-state index in [0.717, 1.165) is 38.2 Å². The lowest BCUT2D eigenvalue weighted by molar-refractivity contribution is -0.118. The van der Waals surface area contributed by atoms with Crippen molar-refractivity contribution in [2.24, 2.45) is 0 Å². The van der Waals surface area contributed by atoms with Gasteiger partial charge in [-0.05, 0) is 68.5 Å². The number of carbonyl (C=O) groups excluding carboxylic acids is 1. The van der Waals surface area contributed by atoms with E-state index in [0.29, 0.717) is 5.13 Å². The molecule has 0 spiro atoms. The van der Waals surface area contributed by atoms with Crippen LogP contribution in [0.2, 0.25) is 0 Å². The number of hydrogen-bond donors (Lipinski definition) is 1. The van der Waals surface area contributed by atoms with Gasteiger partial charge in [-0.2, -0.15) is 0 Å². The number of hydrogen-bond acceptors (Lipinski definition) is 4. The molecule has 0 bridgehead atoms. The van der Waals surface area contributed by atoms with Gasteiger partial charge in [-0.15, -0.1) is 0 Å². The largest absolute Gasteiger partial charge is 0.483 e. The van der Waals surface area contributed by atoms with Crippen LogP contribution >= 0.6 is 11.3 Å². The summed E-state index contributed by atoms with van der Waals surface area (Å²) in [5, 5.41) is 3.45. The van der Waals surface area contributed by atoms with E-state index in [9.17, 15) is 4.79 Å². The van der Waals surface area contributed by atoms with Crippen LogP contribution in [-0.4, -0.2) is 17.5 Å². The summed E-state index contributed by atoms with van der Waals surface area (Å²) in [6.45, 7) is 10.1. The van der Waals surface area contributed by atoms with Crippen LogP contribution in [0.4, 0.5) is 5.13 Å². The second kappa shape index (κ2) is 6.84. The Kier molecular flexibility index (Phi) is 4.77. The Labute approximate surface area is 151 Å². The van der Waals surface area contributed by atoms with Crippen LogP contribution in [0, 0.1) is 34.6 Å². The third-order valence-electron chi connectivity index (χ3n) is 4.30. The monoisotopic (exact) mass is 354 g/mol. The van der Waals surface area contributed by atoms with Crippen molar-refractivity contribution >= 4 is 32.6 Å². The number of anilines is 1. The van der Waals surface area contributed by atoms with Crippen molar-refractivity contribution in [1.82, 2.24) is 4.98 Å². The lowest BCUT2D eigenvalue weighted by Gasteiger charge is -2.13. The lowest BCUT2D eigenvalue weighted by Crippen LogP contribution is -2.20. The first-order chi connectivity index (χ1) is 11.8. The molecule has 3 aromatic rings. The van der Waals surface area contributed by atoms with Crippen molar-refractivity contribution in [3.05, 3.63) is 52.1 Å². The quantitative estimate of drug-likeness (QED) is 0.728. The molecular weight excluding hydrogens is 332 g/mol. The minimum absolute atomic E-state index is 0.0287. The summed E-state index contributed by atoms with van der Waals surface area (Å²) in [6, 6.07) is 8.25. The summed E-state index contributed by atoms with van der Waals surface area (Å²) >= 11 is 1.49. The number of ether oxygens (including phenoxy) is 1. The van der Waals surface area contributed by atoms with Gasteiger partial charge < -0.3 is 4.74 Å². The zero-order valence-electron chi connectivity index (χ0n) is 15.2. The van der Waals surface area contributed by atoms with Gasteiger partial charge in [-0.25, -0.2) is 4.98 Å². The predicted octanol–water partition coefficient (Wildman–Crippen LogP) is 4.86. The standard InChI is InChI=1S/C20H22N2O2S/c1-11-8-14(4)18-16(9-11)25-20(22-18)21-17(23)10-24-19-13(3)7-6-12(2)15(19)5/h6-9H,10H2,1-5H3,(H,21,22,23). The molecule has 1 N–H and O–H groups in total. The van der Waals surface area contributed by atoms with Gasteiger partial charge in [0.05, 0.1) is 10.2 Å². The second-order valence-electron chi connectivity index (χ2n) is 6.44. The molecule has 0 aliphatic carbocycles. The van der Waals surface area contributed by atoms with E-state index in [-0.39, 0.29) is 12.5 Å². The number of benzene rings is 2. The van der Waals surface area contributed by atoms with E-state index in [1.807, 2.05) is 33.8 Å². The maximum atomic E-state index is 12.3. The van der Waals surface area contributed by atoms with Gasteiger partial charge in [0, 0.05) is 0 Å². The number of nitrogens with one attached hydrogen (secondary N) is 1. The predicted molar refractivity (Wildman–Crippen MR) is 104 cm³/mol. The minimum Gasteiger partial charge on any atom is -0.483 e. The number of rotatable bonds is 4. The van der Waals surface area contributed by atoms with Crippen molar-refractivity contribution in [1.29, 1.82) is 0 Å². The highest BCUT2D eigenvalue weighted by Gasteiger charge is 2.12. The minimum atomic E-state index is -0.200. The van der Waals surface area contributed by atoms with Crippen LogP contribution in [-0.2, 0) is 4.79 Å². The Balaban J connectivity index is 1.71. The molecule has 0 unspecified atom stereocenters. The van der Waals surface area contributed by atoms with Crippen molar-refractivity contribution < 1.29 is 9.53 Å². The highest BCUT2D eigenvalue weighted by atomic mass is 32.1. The lowest BCUT2D eigenvalue weighted by atomic mass is 10.1. The molecule has 0 saturated heterocycles. The Hall–Kier alpha value is -2.40. The number of thiazole rings is 1. The van der Waals surface area contributed by atoms with Crippen LogP contribution in [0.25, 0.3) is 10.2 Å². The topological polar surface area (TPSA) is 51.2 Å². The third kappa shape index (κ3) is 3.66. The Morgan fingerprint density at radius 3 is 2.56 bits per heavy atom. The molecule has 4 nitrogen and oxygen atoms in total. The van der Waals surface area contributed by atoms with E-state index in [1.54, 1.807) is 0 Å². The average molecular weight is 354 g/mol. The SMILES string of the molecule is Cc1cc(C)c2nc(NC(=O)COc3c(C)ccc(C)c3C)sc2c1. The average Bonchev–Trinajstić information content (AvgIpc) is 2.93. The normalized spacial score (nSPS) is 10.9. The molecule has 0 fully saturated rings. The highest BCUT2D eigenvalue weighted by Crippen LogP contribution is 2.29. The molecule has 0 aliphatic rings. The van der Waals surface area contributed by atoms with Gasteiger partial charge in [0.1, 0.15) is 5.75 Å². The molecule has 0 saturated carbocycles. The molecule has 1 heterocycles. The fourth-order valence-corrected chi connectivity index (χ4v) is 3.92. The van der Waals surface area contributed by atoms with Crippen molar-refractivity contribution in [3.8, 4) is 5.75 Å². The van der Waals surface area contributed by atoms with Gasteiger partial charge in [0.2, 0.25) is 0 Å². The molecule has 130 valence electrons. The van der Waals surface area contributed by atoms with Crippen LogP contribution in [0.3, 0.4) is 0 Å². The van der Waals surface area contributed by atoms with Crippen molar-refractivity contribution in [3.63, 3.8) is 0 Å². The van der Waals surface area contributed by atoms with Crippen molar-refractivity contribution in [2.45, 2.75) is 34.6 Å². The molecule has 25 heavy (non-hydrogen) atoms. The van der Waals surface area contributed by atoms with Crippen molar-refractivity contribution in [2.75, 3.05) is 11.9 Å².